The Kier molecular flexibility index (Phi) is 6.51. The van der Waals surface area contributed by atoms with Crippen LogP contribution in [0.2, 0.25) is 0 Å². The third-order valence-electron chi connectivity index (χ3n) is 3.71. The van der Waals surface area contributed by atoms with Gasteiger partial charge >= 0.3 is 0 Å². The zero-order valence-corrected chi connectivity index (χ0v) is 12.7. The summed E-state index contributed by atoms with van der Waals surface area (Å²) in [6, 6.07) is 9.17. The molecule has 0 radical (unpaired) electrons. The normalized spacial score (nSPS) is 20.8. The van der Waals surface area contributed by atoms with Crippen LogP contribution in [-0.2, 0) is 15.9 Å². The Morgan fingerprint density at radius 2 is 1.95 bits per heavy atom. The number of nitrogens with one attached hydrogen (secondary N) is 1. The van der Waals surface area contributed by atoms with E-state index in [0.717, 1.165) is 19.4 Å². The fraction of sp³-hybridized carbons (Fsp3) is 0.647. The van der Waals surface area contributed by atoms with E-state index in [0.29, 0.717) is 19.8 Å². The first-order valence-corrected chi connectivity index (χ1v) is 7.86. The molecule has 1 fully saturated rings. The summed E-state index contributed by atoms with van der Waals surface area (Å²) in [5.74, 6) is 0. The number of rotatable bonds is 7. The average Bonchev–Trinajstić information content (AvgIpc) is 2.51. The van der Waals surface area contributed by atoms with Gasteiger partial charge in [0.25, 0.3) is 0 Å². The summed E-state index contributed by atoms with van der Waals surface area (Å²) in [4.78, 5) is 0. The fourth-order valence-corrected chi connectivity index (χ4v) is 2.64. The first kappa shape index (κ1) is 15.5. The first-order chi connectivity index (χ1) is 9.85. The van der Waals surface area contributed by atoms with Crippen LogP contribution in [0.5, 0.6) is 0 Å². The van der Waals surface area contributed by atoms with Gasteiger partial charge in [-0.25, -0.2) is 0 Å². The summed E-state index contributed by atoms with van der Waals surface area (Å²) in [5, 5.41) is 3.60. The summed E-state index contributed by atoms with van der Waals surface area (Å²) < 4.78 is 11.4. The van der Waals surface area contributed by atoms with Crippen molar-refractivity contribution in [2.45, 2.75) is 45.3 Å². The van der Waals surface area contributed by atoms with Crippen LogP contribution in [0.1, 0.15) is 43.9 Å². The van der Waals surface area contributed by atoms with Crippen molar-refractivity contribution in [3.8, 4) is 0 Å². The second-order valence-corrected chi connectivity index (χ2v) is 5.41. The predicted octanol–water partition coefficient (Wildman–Crippen LogP) is 3.10. The topological polar surface area (TPSA) is 30.5 Å². The van der Waals surface area contributed by atoms with Crippen molar-refractivity contribution in [2.24, 2.45) is 0 Å². The molecule has 3 nitrogen and oxygen atoms in total. The van der Waals surface area contributed by atoms with E-state index in [2.05, 4.69) is 43.4 Å². The standard InChI is InChI=1S/C17H27NO2/c1-3-5-14-6-8-15(9-7-14)17(18-10-4-2)16-13-19-11-12-20-16/h6-9,16-18H,3-5,10-13H2,1-2H3. The molecule has 1 saturated heterocycles. The SMILES string of the molecule is CCCNC(c1ccc(CCC)cc1)C1COCCO1. The van der Waals surface area contributed by atoms with E-state index < -0.39 is 0 Å². The van der Waals surface area contributed by atoms with Crippen LogP contribution in [-0.4, -0.2) is 32.5 Å². The number of aryl methyl sites for hydroxylation is 1. The first-order valence-electron chi connectivity index (χ1n) is 7.86. The van der Waals surface area contributed by atoms with E-state index in [4.69, 9.17) is 9.47 Å². The second kappa shape index (κ2) is 8.40. The highest BCUT2D eigenvalue weighted by molar-refractivity contribution is 5.26. The summed E-state index contributed by atoms with van der Waals surface area (Å²) in [5.41, 5.74) is 2.71. The number of benzene rings is 1. The third kappa shape index (κ3) is 4.30. The maximum Gasteiger partial charge on any atom is 0.100 e. The van der Waals surface area contributed by atoms with Gasteiger partial charge in [-0.2, -0.15) is 0 Å². The Balaban J connectivity index is 2.07. The Morgan fingerprint density at radius 1 is 1.15 bits per heavy atom. The van der Waals surface area contributed by atoms with Gasteiger partial charge < -0.3 is 14.8 Å². The Labute approximate surface area is 122 Å². The highest BCUT2D eigenvalue weighted by atomic mass is 16.6. The number of ether oxygens (including phenoxy) is 2. The van der Waals surface area contributed by atoms with Gasteiger partial charge in [-0.15, -0.1) is 0 Å². The van der Waals surface area contributed by atoms with Crippen molar-refractivity contribution in [1.82, 2.24) is 5.32 Å². The molecule has 2 rings (SSSR count). The quantitative estimate of drug-likeness (QED) is 0.831. The minimum absolute atomic E-state index is 0.118. The summed E-state index contributed by atoms with van der Waals surface area (Å²) in [7, 11) is 0. The summed E-state index contributed by atoms with van der Waals surface area (Å²) in [6.07, 6.45) is 3.58. The zero-order valence-electron chi connectivity index (χ0n) is 12.7. The smallest absolute Gasteiger partial charge is 0.100 e. The molecule has 1 N–H and O–H groups in total. The van der Waals surface area contributed by atoms with Gasteiger partial charge in [0.1, 0.15) is 6.10 Å². The lowest BCUT2D eigenvalue weighted by Gasteiger charge is -2.31. The molecule has 20 heavy (non-hydrogen) atoms. The van der Waals surface area contributed by atoms with Gasteiger partial charge in [-0.05, 0) is 30.5 Å². The molecular weight excluding hydrogens is 250 g/mol. The Morgan fingerprint density at radius 3 is 2.55 bits per heavy atom. The van der Waals surface area contributed by atoms with Crippen LogP contribution in [0.25, 0.3) is 0 Å². The molecule has 1 heterocycles. The Bertz CT molecular complexity index is 371. The van der Waals surface area contributed by atoms with Crippen molar-refractivity contribution in [1.29, 1.82) is 0 Å². The van der Waals surface area contributed by atoms with Gasteiger partial charge in [0, 0.05) is 0 Å². The van der Waals surface area contributed by atoms with Gasteiger partial charge in [-0.3, -0.25) is 0 Å². The molecule has 1 aliphatic heterocycles. The molecule has 0 aromatic heterocycles. The summed E-state index contributed by atoms with van der Waals surface area (Å²) in [6.45, 7) is 7.49. The molecular formula is C17H27NO2. The van der Waals surface area contributed by atoms with Gasteiger partial charge in [0.15, 0.2) is 0 Å². The molecule has 1 aromatic rings. The number of hydrogen-bond acceptors (Lipinski definition) is 3. The van der Waals surface area contributed by atoms with Crippen LogP contribution in [0.3, 0.4) is 0 Å². The van der Waals surface area contributed by atoms with E-state index in [1.54, 1.807) is 0 Å². The van der Waals surface area contributed by atoms with Gasteiger partial charge in [-0.1, -0.05) is 44.5 Å². The van der Waals surface area contributed by atoms with Crippen molar-refractivity contribution in [3.05, 3.63) is 35.4 Å². The molecule has 0 amide bonds. The van der Waals surface area contributed by atoms with Gasteiger partial charge in [0.05, 0.1) is 25.9 Å². The highest BCUT2D eigenvalue weighted by Crippen LogP contribution is 2.22. The van der Waals surface area contributed by atoms with E-state index >= 15 is 0 Å². The third-order valence-corrected chi connectivity index (χ3v) is 3.71. The maximum absolute atomic E-state index is 5.88. The van der Waals surface area contributed by atoms with E-state index in [-0.39, 0.29) is 12.1 Å². The van der Waals surface area contributed by atoms with Crippen molar-refractivity contribution in [3.63, 3.8) is 0 Å². The van der Waals surface area contributed by atoms with Crippen molar-refractivity contribution >= 4 is 0 Å². The van der Waals surface area contributed by atoms with Crippen molar-refractivity contribution in [2.75, 3.05) is 26.4 Å². The molecule has 1 aliphatic rings. The molecule has 0 bridgehead atoms. The monoisotopic (exact) mass is 277 g/mol. The van der Waals surface area contributed by atoms with Crippen LogP contribution in [0, 0.1) is 0 Å². The predicted molar refractivity (Wildman–Crippen MR) is 82.0 cm³/mol. The highest BCUT2D eigenvalue weighted by Gasteiger charge is 2.25. The van der Waals surface area contributed by atoms with Gasteiger partial charge in [0.2, 0.25) is 0 Å². The lowest BCUT2D eigenvalue weighted by Crippen LogP contribution is -2.40. The van der Waals surface area contributed by atoms with Crippen LogP contribution in [0.4, 0.5) is 0 Å². The average molecular weight is 277 g/mol. The minimum Gasteiger partial charge on any atom is -0.376 e. The van der Waals surface area contributed by atoms with Crippen LogP contribution in [0.15, 0.2) is 24.3 Å². The van der Waals surface area contributed by atoms with E-state index in [1.165, 1.54) is 17.5 Å². The lowest BCUT2D eigenvalue weighted by atomic mass is 9.98. The molecule has 2 atom stereocenters. The molecule has 3 heteroatoms. The molecule has 2 unspecified atom stereocenters. The molecule has 1 aromatic carbocycles. The Hall–Kier alpha value is -0.900. The molecule has 0 saturated carbocycles. The molecule has 112 valence electrons. The van der Waals surface area contributed by atoms with Crippen LogP contribution >= 0.6 is 0 Å². The largest absolute Gasteiger partial charge is 0.376 e. The van der Waals surface area contributed by atoms with Crippen molar-refractivity contribution < 1.29 is 9.47 Å². The molecule has 0 aliphatic carbocycles. The minimum atomic E-state index is 0.118. The lowest BCUT2D eigenvalue weighted by molar-refractivity contribution is -0.102. The summed E-state index contributed by atoms with van der Waals surface area (Å²) >= 11 is 0. The van der Waals surface area contributed by atoms with E-state index in [9.17, 15) is 0 Å². The van der Waals surface area contributed by atoms with E-state index in [1.807, 2.05) is 0 Å². The fourth-order valence-electron chi connectivity index (χ4n) is 2.64. The molecule has 0 spiro atoms. The zero-order chi connectivity index (χ0) is 14.2. The van der Waals surface area contributed by atoms with Crippen LogP contribution < -0.4 is 5.32 Å². The maximum atomic E-state index is 5.88. The number of hydrogen-bond donors (Lipinski definition) is 1. The second-order valence-electron chi connectivity index (χ2n) is 5.41.